The summed E-state index contributed by atoms with van der Waals surface area (Å²) in [5.41, 5.74) is 3.24. The Morgan fingerprint density at radius 3 is 2.82 bits per heavy atom. The van der Waals surface area contributed by atoms with E-state index in [1.54, 1.807) is 30.2 Å². The van der Waals surface area contributed by atoms with Crippen LogP contribution in [0, 0.1) is 6.92 Å². The van der Waals surface area contributed by atoms with Gasteiger partial charge in [-0.05, 0) is 55.8 Å². The molecule has 2 heterocycles. The number of hydrogen-bond donors (Lipinski definition) is 2. The molecular formula is C27H27N3O4. The third kappa shape index (κ3) is 3.94. The Kier molecular flexibility index (Phi) is 5.40. The van der Waals surface area contributed by atoms with Gasteiger partial charge < -0.3 is 20.1 Å². The molecule has 2 bridgehead atoms. The lowest BCUT2D eigenvalue weighted by molar-refractivity contribution is 0.0378. The highest BCUT2D eigenvalue weighted by Gasteiger charge is 2.49. The third-order valence-electron chi connectivity index (χ3n) is 6.38. The lowest BCUT2D eigenvalue weighted by Gasteiger charge is -2.50. The predicted molar refractivity (Wildman–Crippen MR) is 129 cm³/mol. The quantitative estimate of drug-likeness (QED) is 0.582. The number of benzene rings is 3. The van der Waals surface area contributed by atoms with Crippen molar-refractivity contribution in [3.05, 3.63) is 89.0 Å². The van der Waals surface area contributed by atoms with Crippen LogP contribution < -0.4 is 25.0 Å². The molecule has 0 radical (unpaired) electrons. The fourth-order valence-electron chi connectivity index (χ4n) is 4.74. The Hall–Kier alpha value is -4.00. The Morgan fingerprint density at radius 1 is 1.18 bits per heavy atom. The van der Waals surface area contributed by atoms with Crippen LogP contribution in [0.2, 0.25) is 0 Å². The number of fused-ring (bicyclic) bond motifs is 4. The molecule has 0 unspecified atom stereocenters. The number of methoxy groups -OCH3 is 1. The maximum atomic E-state index is 13.2. The van der Waals surface area contributed by atoms with Crippen LogP contribution in [0.25, 0.3) is 0 Å². The summed E-state index contributed by atoms with van der Waals surface area (Å²) in [6.45, 7) is 4.30. The summed E-state index contributed by atoms with van der Waals surface area (Å²) in [7, 11) is 1.61. The second kappa shape index (κ2) is 8.41. The van der Waals surface area contributed by atoms with E-state index < -0.39 is 5.72 Å². The van der Waals surface area contributed by atoms with Crippen LogP contribution in [0.4, 0.5) is 10.5 Å². The van der Waals surface area contributed by atoms with Gasteiger partial charge in [-0.3, -0.25) is 9.69 Å². The number of carbonyl (C=O) groups is 2. The van der Waals surface area contributed by atoms with Crippen molar-refractivity contribution in [2.45, 2.75) is 38.6 Å². The van der Waals surface area contributed by atoms with E-state index in [-0.39, 0.29) is 18.0 Å². The second-order valence-corrected chi connectivity index (χ2v) is 8.94. The first-order chi connectivity index (χ1) is 16.4. The van der Waals surface area contributed by atoms with Crippen molar-refractivity contribution in [2.75, 3.05) is 12.0 Å². The Morgan fingerprint density at radius 2 is 2.00 bits per heavy atom. The first kappa shape index (κ1) is 21.8. The second-order valence-electron chi connectivity index (χ2n) is 8.94. The van der Waals surface area contributed by atoms with Crippen LogP contribution in [0.15, 0.2) is 66.7 Å². The molecule has 0 spiro atoms. The minimum Gasteiger partial charge on any atom is -0.497 e. The van der Waals surface area contributed by atoms with E-state index in [0.717, 1.165) is 28.2 Å². The van der Waals surface area contributed by atoms with Gasteiger partial charge in [-0.2, -0.15) is 0 Å². The monoisotopic (exact) mass is 457 g/mol. The van der Waals surface area contributed by atoms with Crippen LogP contribution in [0.1, 0.15) is 46.4 Å². The number of aryl methyl sites for hydroxylation is 1. The highest BCUT2D eigenvalue weighted by atomic mass is 16.5. The van der Waals surface area contributed by atoms with Crippen molar-refractivity contribution in [3.8, 4) is 11.5 Å². The maximum absolute atomic E-state index is 13.2. The number of carbonyl (C=O) groups excluding carboxylic acids is 2. The average molecular weight is 458 g/mol. The SMILES string of the molecule is COc1cccc(CNC(=O)c2cccc(N3C(=O)N[C@H]4C[C@@]3(C)Oc3ccc(C)cc34)c2)c1. The minimum atomic E-state index is -0.870. The number of rotatable bonds is 5. The van der Waals surface area contributed by atoms with E-state index in [2.05, 4.69) is 16.7 Å². The Bertz CT molecular complexity index is 1270. The maximum Gasteiger partial charge on any atom is 0.325 e. The molecule has 5 rings (SSSR count). The summed E-state index contributed by atoms with van der Waals surface area (Å²) < 4.78 is 11.6. The van der Waals surface area contributed by atoms with E-state index in [9.17, 15) is 9.59 Å². The molecule has 0 saturated carbocycles. The van der Waals surface area contributed by atoms with Crippen LogP contribution in [-0.2, 0) is 6.54 Å². The van der Waals surface area contributed by atoms with Crippen LogP contribution >= 0.6 is 0 Å². The van der Waals surface area contributed by atoms with E-state index in [4.69, 9.17) is 9.47 Å². The molecule has 1 saturated heterocycles. The topological polar surface area (TPSA) is 79.9 Å². The fraction of sp³-hybridized carbons (Fsp3) is 0.259. The normalized spacial score (nSPS) is 20.6. The van der Waals surface area contributed by atoms with Gasteiger partial charge in [0.15, 0.2) is 5.72 Å². The highest BCUT2D eigenvalue weighted by molar-refractivity contribution is 5.99. The predicted octanol–water partition coefficient (Wildman–Crippen LogP) is 4.70. The molecule has 34 heavy (non-hydrogen) atoms. The van der Waals surface area contributed by atoms with E-state index in [1.165, 1.54) is 0 Å². The van der Waals surface area contributed by atoms with E-state index in [1.807, 2.05) is 56.3 Å². The average Bonchev–Trinajstić information content (AvgIpc) is 2.83. The number of ether oxygens (including phenoxy) is 2. The number of nitrogens with one attached hydrogen (secondary N) is 2. The van der Waals surface area contributed by atoms with Gasteiger partial charge >= 0.3 is 6.03 Å². The number of nitrogens with zero attached hydrogens (tertiary/aromatic N) is 1. The Labute approximate surface area is 198 Å². The molecule has 3 aromatic rings. The van der Waals surface area contributed by atoms with Gasteiger partial charge in [0.1, 0.15) is 11.5 Å². The lowest BCUT2D eigenvalue weighted by Crippen LogP contribution is -2.65. The molecule has 2 N–H and O–H groups in total. The van der Waals surface area contributed by atoms with Gasteiger partial charge in [-0.1, -0.05) is 35.9 Å². The molecule has 2 aliphatic heterocycles. The van der Waals surface area contributed by atoms with Gasteiger partial charge in [-0.15, -0.1) is 0 Å². The highest BCUT2D eigenvalue weighted by Crippen LogP contribution is 2.45. The van der Waals surface area contributed by atoms with E-state index in [0.29, 0.717) is 24.2 Å². The number of anilines is 1. The summed E-state index contributed by atoms with van der Waals surface area (Å²) in [5, 5.41) is 6.04. The largest absolute Gasteiger partial charge is 0.497 e. The molecule has 2 aliphatic rings. The first-order valence-electron chi connectivity index (χ1n) is 11.3. The molecule has 1 fully saturated rings. The molecule has 0 aliphatic carbocycles. The van der Waals surface area contributed by atoms with Crippen molar-refractivity contribution in [3.63, 3.8) is 0 Å². The van der Waals surface area contributed by atoms with Gasteiger partial charge in [-0.25, -0.2) is 4.79 Å². The first-order valence-corrected chi connectivity index (χ1v) is 11.3. The minimum absolute atomic E-state index is 0.119. The van der Waals surface area contributed by atoms with E-state index >= 15 is 0 Å². The molecule has 3 amide bonds. The molecule has 0 aromatic heterocycles. The zero-order valence-corrected chi connectivity index (χ0v) is 19.4. The standard InChI is InChI=1S/C27H27N3O4/c1-17-10-11-24-22(12-17)23-15-27(2,34-24)30(26(32)29-23)20-8-5-7-19(14-20)25(31)28-16-18-6-4-9-21(13-18)33-3/h4-14,23H,15-16H2,1-3H3,(H,28,31)(H,29,32)/t23-,27+/m0/s1. The third-order valence-corrected chi connectivity index (χ3v) is 6.38. The van der Waals surface area contributed by atoms with Gasteiger partial charge in [0.2, 0.25) is 0 Å². The van der Waals surface area contributed by atoms with Crippen molar-refractivity contribution in [2.24, 2.45) is 0 Å². The van der Waals surface area contributed by atoms with Crippen molar-refractivity contribution < 1.29 is 19.1 Å². The number of amides is 3. The van der Waals surface area contributed by atoms with Crippen LogP contribution in [-0.4, -0.2) is 24.8 Å². The zero-order chi connectivity index (χ0) is 23.9. The molecule has 174 valence electrons. The molecule has 3 aromatic carbocycles. The molecule has 2 atom stereocenters. The summed E-state index contributed by atoms with van der Waals surface area (Å²) in [4.78, 5) is 27.7. The summed E-state index contributed by atoms with van der Waals surface area (Å²) in [6.07, 6.45) is 0.599. The Balaban J connectivity index is 1.38. The van der Waals surface area contributed by atoms with Gasteiger partial charge in [0.25, 0.3) is 5.91 Å². The molecular weight excluding hydrogens is 430 g/mol. The van der Waals surface area contributed by atoms with Crippen molar-refractivity contribution in [1.82, 2.24) is 10.6 Å². The lowest BCUT2D eigenvalue weighted by atomic mass is 9.89. The smallest absolute Gasteiger partial charge is 0.325 e. The molecule has 7 heteroatoms. The fourth-order valence-corrected chi connectivity index (χ4v) is 4.74. The van der Waals surface area contributed by atoms with Gasteiger partial charge in [0, 0.05) is 24.1 Å². The van der Waals surface area contributed by atoms with Crippen LogP contribution in [0.5, 0.6) is 11.5 Å². The number of hydrogen-bond acceptors (Lipinski definition) is 4. The summed E-state index contributed by atoms with van der Waals surface area (Å²) in [5.74, 6) is 1.28. The van der Waals surface area contributed by atoms with Crippen LogP contribution in [0.3, 0.4) is 0 Å². The summed E-state index contributed by atoms with van der Waals surface area (Å²) >= 11 is 0. The van der Waals surface area contributed by atoms with Crippen molar-refractivity contribution >= 4 is 17.6 Å². The zero-order valence-electron chi connectivity index (χ0n) is 19.4. The van der Waals surface area contributed by atoms with Crippen molar-refractivity contribution in [1.29, 1.82) is 0 Å². The number of urea groups is 1. The van der Waals surface area contributed by atoms with Gasteiger partial charge in [0.05, 0.1) is 18.8 Å². The molecule has 7 nitrogen and oxygen atoms in total. The summed E-state index contributed by atoms with van der Waals surface area (Å²) in [6, 6.07) is 20.2.